The highest BCUT2D eigenvalue weighted by atomic mass is 19.4. The van der Waals surface area contributed by atoms with Crippen LogP contribution in [0.3, 0.4) is 0 Å². The third-order valence-corrected chi connectivity index (χ3v) is 2.41. The summed E-state index contributed by atoms with van der Waals surface area (Å²) in [6.07, 6.45) is -2.93. The molecule has 0 aliphatic heterocycles. The lowest BCUT2D eigenvalue weighted by atomic mass is 10.2. The zero-order valence-electron chi connectivity index (χ0n) is 9.99. The number of halogens is 3. The molecule has 0 aliphatic rings. The molecule has 0 spiro atoms. The Labute approximate surface area is 102 Å². The van der Waals surface area contributed by atoms with Crippen molar-refractivity contribution >= 4 is 5.97 Å². The first-order chi connectivity index (χ1) is 8.38. The molecule has 18 heavy (non-hydrogen) atoms. The van der Waals surface area contributed by atoms with E-state index in [0.717, 1.165) is 10.7 Å². The van der Waals surface area contributed by atoms with E-state index in [4.69, 9.17) is 0 Å². The highest BCUT2D eigenvalue weighted by molar-refractivity contribution is 5.75. The highest BCUT2D eigenvalue weighted by Crippen LogP contribution is 2.27. The van der Waals surface area contributed by atoms with Crippen LogP contribution in [-0.2, 0) is 22.3 Å². The molecule has 0 aromatic carbocycles. The summed E-state index contributed by atoms with van der Waals surface area (Å²) in [5, 5.41) is 6.11. The number of aryl methyl sites for hydroxylation is 1. The predicted octanol–water partition coefficient (Wildman–Crippen LogP) is 1.05. The van der Waals surface area contributed by atoms with Gasteiger partial charge >= 0.3 is 12.1 Å². The molecule has 0 fully saturated rings. The van der Waals surface area contributed by atoms with Crippen LogP contribution in [0.2, 0.25) is 0 Å². The Balaban J connectivity index is 2.58. The lowest BCUT2D eigenvalue weighted by Gasteiger charge is -2.13. The van der Waals surface area contributed by atoms with Gasteiger partial charge < -0.3 is 10.1 Å². The van der Waals surface area contributed by atoms with Crippen molar-refractivity contribution in [2.45, 2.75) is 25.2 Å². The molecule has 1 rings (SSSR count). The van der Waals surface area contributed by atoms with E-state index in [0.29, 0.717) is 6.42 Å². The fourth-order valence-corrected chi connectivity index (χ4v) is 1.42. The number of ether oxygens (including phenoxy) is 1. The molecule has 102 valence electrons. The van der Waals surface area contributed by atoms with E-state index in [1.165, 1.54) is 13.3 Å². The molecule has 1 atom stereocenters. The predicted molar refractivity (Wildman–Crippen MR) is 56.7 cm³/mol. The third kappa shape index (κ3) is 3.73. The molecule has 5 nitrogen and oxygen atoms in total. The number of carbonyl (C=O) groups excluding carboxylic acids is 1. The fraction of sp³-hybridized carbons (Fsp3) is 0.600. The lowest BCUT2D eigenvalue weighted by molar-refractivity contribution is -0.143. The Hall–Kier alpha value is -1.57. The number of methoxy groups -OCH3 is 1. The number of hydrogen-bond donors (Lipinski definition) is 1. The van der Waals surface area contributed by atoms with Crippen LogP contribution in [0.1, 0.15) is 12.1 Å². The van der Waals surface area contributed by atoms with E-state index in [-0.39, 0.29) is 6.54 Å². The maximum absolute atomic E-state index is 12.3. The Morgan fingerprint density at radius 1 is 1.61 bits per heavy atom. The number of hydrogen-bond acceptors (Lipinski definition) is 4. The van der Waals surface area contributed by atoms with Crippen LogP contribution in [0, 0.1) is 0 Å². The molecule has 1 N–H and O–H groups in total. The van der Waals surface area contributed by atoms with Gasteiger partial charge in [0.2, 0.25) is 0 Å². The van der Waals surface area contributed by atoms with Gasteiger partial charge in [0.15, 0.2) is 5.69 Å². The van der Waals surface area contributed by atoms with Crippen LogP contribution in [0.5, 0.6) is 0 Å². The average Bonchev–Trinajstić information content (AvgIpc) is 2.78. The molecule has 0 aliphatic carbocycles. The number of esters is 1. The summed E-state index contributed by atoms with van der Waals surface area (Å²) in [6, 6.07) is 0.334. The second-order valence-corrected chi connectivity index (χ2v) is 3.61. The molecule has 1 heterocycles. The molecule has 0 saturated carbocycles. The topological polar surface area (TPSA) is 56.2 Å². The van der Waals surface area contributed by atoms with Gasteiger partial charge in [0.05, 0.1) is 7.11 Å². The first-order valence-corrected chi connectivity index (χ1v) is 5.24. The van der Waals surface area contributed by atoms with Crippen molar-refractivity contribution in [3.05, 3.63) is 18.0 Å². The second kappa shape index (κ2) is 5.85. The number of alkyl halides is 3. The van der Waals surface area contributed by atoms with Crippen molar-refractivity contribution in [1.29, 1.82) is 0 Å². The molecular weight excluding hydrogens is 251 g/mol. The van der Waals surface area contributed by atoms with Crippen LogP contribution in [0.25, 0.3) is 0 Å². The van der Waals surface area contributed by atoms with Crippen LogP contribution < -0.4 is 5.32 Å². The van der Waals surface area contributed by atoms with Gasteiger partial charge in [-0.15, -0.1) is 0 Å². The molecule has 8 heteroatoms. The Morgan fingerprint density at radius 2 is 2.28 bits per heavy atom. The number of nitrogens with one attached hydrogen (secondary N) is 1. The SMILES string of the molecule is CNC(CCn1ccc(C(F)(F)F)n1)C(=O)OC. The molecule has 0 radical (unpaired) electrons. The number of rotatable bonds is 5. The Morgan fingerprint density at radius 3 is 2.72 bits per heavy atom. The first-order valence-electron chi connectivity index (χ1n) is 5.24. The van der Waals surface area contributed by atoms with Crippen molar-refractivity contribution in [1.82, 2.24) is 15.1 Å². The summed E-state index contributed by atoms with van der Waals surface area (Å²) in [6.45, 7) is 0.191. The summed E-state index contributed by atoms with van der Waals surface area (Å²) in [7, 11) is 2.83. The van der Waals surface area contributed by atoms with Gasteiger partial charge in [-0.1, -0.05) is 0 Å². The van der Waals surface area contributed by atoms with Gasteiger partial charge in [-0.2, -0.15) is 18.3 Å². The smallest absolute Gasteiger partial charge is 0.435 e. The van der Waals surface area contributed by atoms with E-state index in [2.05, 4.69) is 15.2 Å². The molecular formula is C10H14F3N3O2. The Kier molecular flexibility index (Phi) is 4.71. The first kappa shape index (κ1) is 14.5. The van der Waals surface area contributed by atoms with E-state index in [1.54, 1.807) is 7.05 Å². The minimum absolute atomic E-state index is 0.191. The van der Waals surface area contributed by atoms with Crippen LogP contribution in [0.4, 0.5) is 13.2 Å². The molecule has 1 aromatic heterocycles. The maximum Gasteiger partial charge on any atom is 0.435 e. The summed E-state index contributed by atoms with van der Waals surface area (Å²) < 4.78 is 42.5. The van der Waals surface area contributed by atoms with E-state index < -0.39 is 23.9 Å². The molecule has 0 amide bonds. The quantitative estimate of drug-likeness (QED) is 0.809. The summed E-state index contributed by atoms with van der Waals surface area (Å²) in [5.41, 5.74) is -0.943. The summed E-state index contributed by atoms with van der Waals surface area (Å²) in [4.78, 5) is 11.2. The normalized spacial score (nSPS) is 13.4. The van der Waals surface area contributed by atoms with Gasteiger partial charge in [0.25, 0.3) is 0 Å². The van der Waals surface area contributed by atoms with E-state index in [9.17, 15) is 18.0 Å². The molecule has 0 bridgehead atoms. The van der Waals surface area contributed by atoms with Gasteiger partial charge in [0, 0.05) is 12.7 Å². The average molecular weight is 265 g/mol. The van der Waals surface area contributed by atoms with Crippen LogP contribution >= 0.6 is 0 Å². The fourth-order valence-electron chi connectivity index (χ4n) is 1.42. The zero-order chi connectivity index (χ0) is 13.8. The molecule has 1 aromatic rings. The largest absolute Gasteiger partial charge is 0.468 e. The van der Waals surface area contributed by atoms with E-state index >= 15 is 0 Å². The summed E-state index contributed by atoms with van der Waals surface area (Å²) >= 11 is 0. The number of aromatic nitrogens is 2. The monoisotopic (exact) mass is 265 g/mol. The minimum Gasteiger partial charge on any atom is -0.468 e. The molecule has 1 unspecified atom stereocenters. The van der Waals surface area contributed by atoms with Crippen molar-refractivity contribution in [2.75, 3.05) is 14.2 Å². The number of likely N-dealkylation sites (N-methyl/N-ethyl adjacent to an activating group) is 1. The summed E-state index contributed by atoms with van der Waals surface area (Å²) in [5.74, 6) is -0.458. The molecule has 0 saturated heterocycles. The van der Waals surface area contributed by atoms with Crippen molar-refractivity contribution in [2.24, 2.45) is 0 Å². The third-order valence-electron chi connectivity index (χ3n) is 2.41. The highest BCUT2D eigenvalue weighted by Gasteiger charge is 2.33. The van der Waals surface area contributed by atoms with Crippen LogP contribution in [0.15, 0.2) is 12.3 Å². The lowest BCUT2D eigenvalue weighted by Crippen LogP contribution is -2.35. The van der Waals surface area contributed by atoms with Crippen LogP contribution in [-0.4, -0.2) is 35.9 Å². The van der Waals surface area contributed by atoms with Gasteiger partial charge in [0.1, 0.15) is 6.04 Å². The van der Waals surface area contributed by atoms with Gasteiger partial charge in [-0.3, -0.25) is 9.48 Å². The van der Waals surface area contributed by atoms with Gasteiger partial charge in [-0.25, -0.2) is 0 Å². The second-order valence-electron chi connectivity index (χ2n) is 3.61. The van der Waals surface area contributed by atoms with Crippen molar-refractivity contribution in [3.8, 4) is 0 Å². The van der Waals surface area contributed by atoms with Crippen molar-refractivity contribution < 1.29 is 22.7 Å². The zero-order valence-corrected chi connectivity index (χ0v) is 9.99. The minimum atomic E-state index is -4.45. The van der Waals surface area contributed by atoms with E-state index in [1.807, 2.05) is 0 Å². The number of carbonyl (C=O) groups is 1. The Bertz CT molecular complexity index is 403. The van der Waals surface area contributed by atoms with Crippen molar-refractivity contribution in [3.63, 3.8) is 0 Å². The maximum atomic E-state index is 12.3. The number of nitrogens with zero attached hydrogens (tertiary/aromatic N) is 2. The van der Waals surface area contributed by atoms with Gasteiger partial charge in [-0.05, 0) is 19.5 Å². The standard InChI is InChI=1S/C10H14F3N3O2/c1-14-7(9(17)18-2)3-5-16-6-4-8(15-16)10(11,12)13/h4,6-7,14H,3,5H2,1-2H3.